The lowest BCUT2D eigenvalue weighted by Crippen LogP contribution is -1.98. The molecule has 0 unspecified atom stereocenters. The van der Waals surface area contributed by atoms with Gasteiger partial charge in [-0.05, 0) is 41.6 Å². The van der Waals surface area contributed by atoms with Crippen molar-refractivity contribution in [3.63, 3.8) is 0 Å². The van der Waals surface area contributed by atoms with Crippen molar-refractivity contribution in [2.24, 2.45) is 0 Å². The van der Waals surface area contributed by atoms with Crippen LogP contribution in [0.1, 0.15) is 26.4 Å². The molecular formula is C21H16O3S. The average molecular weight is 348 g/mol. The molecule has 3 aromatic rings. The van der Waals surface area contributed by atoms with Crippen molar-refractivity contribution in [2.45, 2.75) is 13.5 Å². The van der Waals surface area contributed by atoms with Crippen molar-refractivity contribution in [1.29, 1.82) is 0 Å². The van der Waals surface area contributed by atoms with Crippen molar-refractivity contribution in [1.82, 2.24) is 0 Å². The third-order valence-corrected chi connectivity index (χ3v) is 4.93. The van der Waals surface area contributed by atoms with Crippen molar-refractivity contribution < 1.29 is 14.3 Å². The topological polar surface area (TPSA) is 35.5 Å². The Morgan fingerprint density at radius 3 is 2.80 bits per heavy atom. The summed E-state index contributed by atoms with van der Waals surface area (Å²) in [4.78, 5) is 13.4. The Balaban J connectivity index is 1.52. The summed E-state index contributed by atoms with van der Waals surface area (Å²) in [5, 5.41) is 1.97. The summed E-state index contributed by atoms with van der Waals surface area (Å²) in [6.45, 7) is 2.54. The molecule has 0 aliphatic carbocycles. The zero-order valence-corrected chi connectivity index (χ0v) is 14.5. The molecule has 2 heterocycles. The van der Waals surface area contributed by atoms with Gasteiger partial charge in [0.15, 0.2) is 5.76 Å². The van der Waals surface area contributed by atoms with Crippen LogP contribution in [0.3, 0.4) is 0 Å². The Labute approximate surface area is 150 Å². The summed E-state index contributed by atoms with van der Waals surface area (Å²) in [6, 6.07) is 17.4. The summed E-state index contributed by atoms with van der Waals surface area (Å²) in [6.07, 6.45) is 1.78. The molecule has 0 N–H and O–H groups in total. The molecule has 2 aromatic carbocycles. The summed E-state index contributed by atoms with van der Waals surface area (Å²) >= 11 is 1.57. The predicted octanol–water partition coefficient (Wildman–Crippen LogP) is 5.25. The van der Waals surface area contributed by atoms with Crippen LogP contribution in [-0.4, -0.2) is 5.78 Å². The van der Waals surface area contributed by atoms with E-state index in [4.69, 9.17) is 9.47 Å². The summed E-state index contributed by atoms with van der Waals surface area (Å²) < 4.78 is 11.6. The fraction of sp³-hybridized carbons (Fsp3) is 0.0952. The fourth-order valence-electron chi connectivity index (χ4n) is 2.69. The molecule has 1 aromatic heterocycles. The summed E-state index contributed by atoms with van der Waals surface area (Å²) in [5.74, 6) is 1.50. The van der Waals surface area contributed by atoms with Gasteiger partial charge in [-0.1, -0.05) is 30.3 Å². The first kappa shape index (κ1) is 15.7. The Kier molecular flexibility index (Phi) is 4.12. The number of benzene rings is 2. The van der Waals surface area contributed by atoms with Gasteiger partial charge in [-0.25, -0.2) is 0 Å². The normalized spacial score (nSPS) is 14.4. The van der Waals surface area contributed by atoms with Crippen molar-refractivity contribution in [3.8, 4) is 11.5 Å². The highest BCUT2D eigenvalue weighted by Gasteiger charge is 2.27. The minimum atomic E-state index is -0.0890. The molecule has 4 heteroatoms. The molecule has 1 aliphatic heterocycles. The van der Waals surface area contributed by atoms with Crippen LogP contribution in [0.4, 0.5) is 0 Å². The molecule has 0 saturated carbocycles. The summed E-state index contributed by atoms with van der Waals surface area (Å²) in [7, 11) is 0. The van der Waals surface area contributed by atoms with Crippen molar-refractivity contribution in [3.05, 3.63) is 87.3 Å². The summed E-state index contributed by atoms with van der Waals surface area (Å²) in [5.41, 5.74) is 2.90. The number of ether oxygens (including phenoxy) is 2. The van der Waals surface area contributed by atoms with E-state index < -0.39 is 0 Å². The van der Waals surface area contributed by atoms with E-state index in [9.17, 15) is 4.79 Å². The van der Waals surface area contributed by atoms with Crippen LogP contribution < -0.4 is 9.47 Å². The monoisotopic (exact) mass is 348 g/mol. The second kappa shape index (κ2) is 6.57. The highest BCUT2D eigenvalue weighted by Crippen LogP contribution is 2.35. The van der Waals surface area contributed by atoms with Crippen molar-refractivity contribution in [2.75, 3.05) is 0 Å². The molecule has 0 bridgehead atoms. The van der Waals surface area contributed by atoms with E-state index in [0.717, 1.165) is 10.4 Å². The maximum atomic E-state index is 12.4. The molecule has 25 heavy (non-hydrogen) atoms. The first-order chi connectivity index (χ1) is 12.2. The van der Waals surface area contributed by atoms with Crippen LogP contribution in [-0.2, 0) is 6.61 Å². The first-order valence-corrected chi connectivity index (χ1v) is 8.88. The van der Waals surface area contributed by atoms with Gasteiger partial charge in [0.25, 0.3) is 0 Å². The van der Waals surface area contributed by atoms with Crippen LogP contribution in [0.25, 0.3) is 6.08 Å². The Bertz CT molecular complexity index is 955. The number of rotatable bonds is 4. The number of Topliss-reactive ketones (excluding diaryl/α,β-unsaturated/α-hetero) is 1. The van der Waals surface area contributed by atoms with Crippen LogP contribution in [0.5, 0.6) is 11.5 Å². The molecule has 3 nitrogen and oxygen atoms in total. The number of carbonyl (C=O) groups excluding carboxylic acids is 1. The van der Waals surface area contributed by atoms with Gasteiger partial charge < -0.3 is 9.47 Å². The smallest absolute Gasteiger partial charge is 0.232 e. The maximum absolute atomic E-state index is 12.4. The number of ketones is 1. The van der Waals surface area contributed by atoms with Crippen LogP contribution in [0, 0.1) is 6.92 Å². The Morgan fingerprint density at radius 2 is 2.00 bits per heavy atom. The van der Waals surface area contributed by atoms with E-state index in [0.29, 0.717) is 29.4 Å². The standard InChI is InChI=1S/C21H16O3S/c1-14-5-2-3-6-15(14)13-23-16-8-9-18-19(11-16)24-20(21(18)22)12-17-7-4-10-25-17/h2-12H,13H2,1H3/b20-12-. The highest BCUT2D eigenvalue weighted by molar-refractivity contribution is 7.10. The number of hydrogen-bond acceptors (Lipinski definition) is 4. The third-order valence-electron chi connectivity index (χ3n) is 4.11. The number of aryl methyl sites for hydroxylation is 1. The zero-order chi connectivity index (χ0) is 17.2. The number of allylic oxidation sites excluding steroid dienone is 1. The largest absolute Gasteiger partial charge is 0.489 e. The van der Waals surface area contributed by atoms with Gasteiger partial charge in [0.05, 0.1) is 5.56 Å². The third kappa shape index (κ3) is 3.21. The minimum absolute atomic E-state index is 0.0890. The van der Waals surface area contributed by atoms with Crippen LogP contribution in [0.2, 0.25) is 0 Å². The number of fused-ring (bicyclic) bond motifs is 1. The lowest BCUT2D eigenvalue weighted by molar-refractivity contribution is 0.101. The van der Waals surface area contributed by atoms with Gasteiger partial charge >= 0.3 is 0 Å². The maximum Gasteiger partial charge on any atom is 0.232 e. The molecule has 1 aliphatic rings. The molecular weight excluding hydrogens is 332 g/mol. The number of thiophene rings is 1. The lowest BCUT2D eigenvalue weighted by atomic mass is 10.1. The molecule has 4 rings (SSSR count). The fourth-order valence-corrected chi connectivity index (χ4v) is 3.34. The van der Waals surface area contributed by atoms with E-state index in [2.05, 4.69) is 13.0 Å². The van der Waals surface area contributed by atoms with E-state index in [1.165, 1.54) is 5.56 Å². The average Bonchev–Trinajstić information content (AvgIpc) is 3.23. The lowest BCUT2D eigenvalue weighted by Gasteiger charge is -2.09. The van der Waals surface area contributed by atoms with Gasteiger partial charge in [-0.2, -0.15) is 0 Å². The number of hydrogen-bond donors (Lipinski definition) is 0. The molecule has 0 spiro atoms. The molecule has 124 valence electrons. The molecule has 0 amide bonds. The predicted molar refractivity (Wildman–Crippen MR) is 99.2 cm³/mol. The van der Waals surface area contributed by atoms with Gasteiger partial charge in [0, 0.05) is 17.0 Å². The second-order valence-electron chi connectivity index (χ2n) is 5.83. The van der Waals surface area contributed by atoms with Crippen LogP contribution >= 0.6 is 11.3 Å². The zero-order valence-electron chi connectivity index (χ0n) is 13.7. The quantitative estimate of drug-likeness (QED) is 0.604. The number of carbonyl (C=O) groups is 1. The van der Waals surface area contributed by atoms with Crippen molar-refractivity contribution >= 4 is 23.2 Å². The van der Waals surface area contributed by atoms with Gasteiger partial charge in [-0.15, -0.1) is 11.3 Å². The molecule has 0 fully saturated rings. The SMILES string of the molecule is Cc1ccccc1COc1ccc2c(c1)O/C(=C\c1cccs1)C2=O. The first-order valence-electron chi connectivity index (χ1n) is 8.00. The van der Waals surface area contributed by atoms with Gasteiger partial charge in [0.1, 0.15) is 18.1 Å². The van der Waals surface area contributed by atoms with Gasteiger partial charge in [0.2, 0.25) is 5.78 Å². The molecule has 0 radical (unpaired) electrons. The van der Waals surface area contributed by atoms with E-state index >= 15 is 0 Å². The van der Waals surface area contributed by atoms with E-state index in [-0.39, 0.29) is 5.78 Å². The Hall–Kier alpha value is -2.85. The Morgan fingerprint density at radius 1 is 1.12 bits per heavy atom. The highest BCUT2D eigenvalue weighted by atomic mass is 32.1. The van der Waals surface area contributed by atoms with E-state index in [1.807, 2.05) is 41.8 Å². The second-order valence-corrected chi connectivity index (χ2v) is 6.81. The van der Waals surface area contributed by atoms with Gasteiger partial charge in [-0.3, -0.25) is 4.79 Å². The van der Waals surface area contributed by atoms with Crippen LogP contribution in [0.15, 0.2) is 65.7 Å². The molecule has 0 saturated heterocycles. The minimum Gasteiger partial charge on any atom is -0.489 e. The molecule has 0 atom stereocenters. The van der Waals surface area contributed by atoms with E-state index in [1.54, 1.807) is 29.5 Å².